The third-order valence-electron chi connectivity index (χ3n) is 4.62. The van der Waals surface area contributed by atoms with Gasteiger partial charge in [0.2, 0.25) is 5.91 Å². The summed E-state index contributed by atoms with van der Waals surface area (Å²) in [6, 6.07) is 24.1. The third-order valence-corrected chi connectivity index (χ3v) is 4.62. The third kappa shape index (κ3) is 5.38. The van der Waals surface area contributed by atoms with Crippen LogP contribution in [0.2, 0.25) is 0 Å². The summed E-state index contributed by atoms with van der Waals surface area (Å²) in [6.45, 7) is 0.0632. The number of anilines is 2. The molecule has 1 saturated carbocycles. The summed E-state index contributed by atoms with van der Waals surface area (Å²) in [5, 5.41) is 8.88. The van der Waals surface area contributed by atoms with E-state index in [9.17, 15) is 9.59 Å². The number of carbonyl (C=O) groups is 2. The number of hydrogen-bond donors (Lipinski definition) is 3. The maximum atomic E-state index is 12.4. The lowest BCUT2D eigenvalue weighted by atomic mass is 10.2. The normalized spacial score (nSPS) is 12.7. The molecule has 0 heterocycles. The van der Waals surface area contributed by atoms with Gasteiger partial charge >= 0.3 is 0 Å². The highest BCUT2D eigenvalue weighted by atomic mass is 16.5. The van der Waals surface area contributed by atoms with Crippen LogP contribution in [0.1, 0.15) is 23.2 Å². The van der Waals surface area contributed by atoms with Gasteiger partial charge in [0.1, 0.15) is 5.75 Å². The SMILES string of the molecule is O=C(CNc1ccccc1Oc1ccccc1)Nc1cccc(C(=O)NC2CC2)c1. The van der Waals surface area contributed by atoms with E-state index in [0.29, 0.717) is 22.7 Å². The van der Waals surface area contributed by atoms with E-state index in [2.05, 4.69) is 16.0 Å². The van der Waals surface area contributed by atoms with E-state index < -0.39 is 0 Å². The molecule has 4 rings (SSSR count). The second-order valence-corrected chi connectivity index (χ2v) is 7.14. The number of benzene rings is 3. The Hall–Kier alpha value is -3.80. The number of carbonyl (C=O) groups excluding carboxylic acids is 2. The van der Waals surface area contributed by atoms with Gasteiger partial charge in [-0.3, -0.25) is 9.59 Å². The van der Waals surface area contributed by atoms with Crippen LogP contribution in [-0.2, 0) is 4.79 Å². The number of hydrogen-bond acceptors (Lipinski definition) is 4. The molecule has 0 unspecified atom stereocenters. The Bertz CT molecular complexity index is 1030. The predicted molar refractivity (Wildman–Crippen MR) is 117 cm³/mol. The van der Waals surface area contributed by atoms with Gasteiger partial charge in [-0.2, -0.15) is 0 Å². The molecule has 0 atom stereocenters. The first-order valence-corrected chi connectivity index (χ1v) is 9.94. The molecular weight excluding hydrogens is 378 g/mol. The van der Waals surface area contributed by atoms with Gasteiger partial charge in [-0.1, -0.05) is 36.4 Å². The maximum absolute atomic E-state index is 12.4. The minimum absolute atomic E-state index is 0.0632. The zero-order valence-corrected chi connectivity index (χ0v) is 16.4. The molecule has 1 aliphatic carbocycles. The van der Waals surface area contributed by atoms with E-state index in [1.165, 1.54) is 0 Å². The molecule has 3 aromatic rings. The highest BCUT2D eigenvalue weighted by molar-refractivity contribution is 5.98. The number of rotatable bonds is 8. The second-order valence-electron chi connectivity index (χ2n) is 7.14. The molecular formula is C24H23N3O3. The summed E-state index contributed by atoms with van der Waals surface area (Å²) in [5.41, 5.74) is 1.84. The van der Waals surface area contributed by atoms with E-state index >= 15 is 0 Å². The van der Waals surface area contributed by atoms with Crippen LogP contribution in [0.25, 0.3) is 0 Å². The number of para-hydroxylation sites is 3. The molecule has 6 heteroatoms. The molecule has 0 radical (unpaired) electrons. The van der Waals surface area contributed by atoms with Crippen molar-refractivity contribution >= 4 is 23.2 Å². The Morgan fingerprint density at radius 2 is 1.67 bits per heavy atom. The molecule has 152 valence electrons. The predicted octanol–water partition coefficient (Wildman–Crippen LogP) is 4.42. The average molecular weight is 401 g/mol. The van der Waals surface area contributed by atoms with Crippen LogP contribution < -0.4 is 20.7 Å². The van der Waals surface area contributed by atoms with Gasteiger partial charge in [-0.15, -0.1) is 0 Å². The molecule has 0 aliphatic heterocycles. The Kier molecular flexibility index (Phi) is 5.94. The number of ether oxygens (including phenoxy) is 1. The summed E-state index contributed by atoms with van der Waals surface area (Å²) < 4.78 is 5.90. The van der Waals surface area contributed by atoms with Crippen molar-refractivity contribution in [3.63, 3.8) is 0 Å². The lowest BCUT2D eigenvalue weighted by Crippen LogP contribution is -2.26. The van der Waals surface area contributed by atoms with Crippen molar-refractivity contribution in [1.82, 2.24) is 5.32 Å². The summed E-state index contributed by atoms with van der Waals surface area (Å²) >= 11 is 0. The topological polar surface area (TPSA) is 79.5 Å². The van der Waals surface area contributed by atoms with Crippen molar-refractivity contribution in [2.45, 2.75) is 18.9 Å². The zero-order valence-electron chi connectivity index (χ0n) is 16.4. The highest BCUT2D eigenvalue weighted by Gasteiger charge is 2.23. The molecule has 0 bridgehead atoms. The summed E-state index contributed by atoms with van der Waals surface area (Å²) in [4.78, 5) is 24.6. The van der Waals surface area contributed by atoms with Crippen LogP contribution in [0.15, 0.2) is 78.9 Å². The van der Waals surface area contributed by atoms with Crippen molar-refractivity contribution in [3.05, 3.63) is 84.4 Å². The molecule has 0 aromatic heterocycles. The van der Waals surface area contributed by atoms with Gasteiger partial charge < -0.3 is 20.7 Å². The zero-order chi connectivity index (χ0) is 20.8. The minimum Gasteiger partial charge on any atom is -0.455 e. The van der Waals surface area contributed by atoms with Crippen LogP contribution in [0.4, 0.5) is 11.4 Å². The average Bonchev–Trinajstić information content (AvgIpc) is 3.58. The maximum Gasteiger partial charge on any atom is 0.251 e. The fourth-order valence-electron chi connectivity index (χ4n) is 2.93. The first kappa shape index (κ1) is 19.5. The van der Waals surface area contributed by atoms with E-state index in [4.69, 9.17) is 4.74 Å². The van der Waals surface area contributed by atoms with Crippen molar-refractivity contribution in [3.8, 4) is 11.5 Å². The standard InChI is InChI=1S/C24H23N3O3/c28-23(26-19-8-6-7-17(15-19)24(29)27-18-13-14-18)16-25-21-11-4-5-12-22(21)30-20-9-2-1-3-10-20/h1-12,15,18,25H,13-14,16H2,(H,26,28)(H,27,29). The second kappa shape index (κ2) is 9.13. The van der Waals surface area contributed by atoms with Crippen LogP contribution >= 0.6 is 0 Å². The van der Waals surface area contributed by atoms with Crippen molar-refractivity contribution in [2.24, 2.45) is 0 Å². The molecule has 1 aliphatic rings. The Morgan fingerprint density at radius 1 is 0.900 bits per heavy atom. The van der Waals surface area contributed by atoms with Crippen molar-refractivity contribution < 1.29 is 14.3 Å². The Labute approximate surface area is 175 Å². The van der Waals surface area contributed by atoms with Crippen LogP contribution in [-0.4, -0.2) is 24.4 Å². The van der Waals surface area contributed by atoms with Crippen LogP contribution in [0, 0.1) is 0 Å². The van der Waals surface area contributed by atoms with Gasteiger partial charge in [0.25, 0.3) is 5.91 Å². The monoisotopic (exact) mass is 401 g/mol. The molecule has 0 spiro atoms. The molecule has 0 saturated heterocycles. The van der Waals surface area contributed by atoms with Crippen LogP contribution in [0.3, 0.4) is 0 Å². The molecule has 3 N–H and O–H groups in total. The summed E-state index contributed by atoms with van der Waals surface area (Å²) in [6.07, 6.45) is 2.06. The van der Waals surface area contributed by atoms with Crippen LogP contribution in [0.5, 0.6) is 11.5 Å². The highest BCUT2D eigenvalue weighted by Crippen LogP contribution is 2.29. The van der Waals surface area contributed by atoms with Crippen molar-refractivity contribution in [1.29, 1.82) is 0 Å². The molecule has 3 aromatic carbocycles. The van der Waals surface area contributed by atoms with Gasteiger partial charge in [0.15, 0.2) is 5.75 Å². The summed E-state index contributed by atoms with van der Waals surface area (Å²) in [5.74, 6) is 1.02. The minimum atomic E-state index is -0.218. The Morgan fingerprint density at radius 3 is 2.47 bits per heavy atom. The Balaban J connectivity index is 1.35. The fourth-order valence-corrected chi connectivity index (χ4v) is 2.93. The van der Waals surface area contributed by atoms with E-state index in [0.717, 1.165) is 18.6 Å². The molecule has 1 fully saturated rings. The van der Waals surface area contributed by atoms with E-state index in [1.54, 1.807) is 24.3 Å². The van der Waals surface area contributed by atoms with E-state index in [1.807, 2.05) is 54.6 Å². The summed E-state index contributed by atoms with van der Waals surface area (Å²) in [7, 11) is 0. The van der Waals surface area contributed by atoms with Gasteiger partial charge in [0, 0.05) is 17.3 Å². The smallest absolute Gasteiger partial charge is 0.251 e. The van der Waals surface area contributed by atoms with E-state index in [-0.39, 0.29) is 24.4 Å². The first-order valence-electron chi connectivity index (χ1n) is 9.94. The molecule has 30 heavy (non-hydrogen) atoms. The van der Waals surface area contributed by atoms with Gasteiger partial charge in [-0.05, 0) is 55.3 Å². The molecule has 2 amide bonds. The quantitative estimate of drug-likeness (QED) is 0.522. The largest absolute Gasteiger partial charge is 0.455 e. The fraction of sp³-hybridized carbons (Fsp3) is 0.167. The number of nitrogens with one attached hydrogen (secondary N) is 3. The first-order chi connectivity index (χ1) is 14.7. The molecule has 6 nitrogen and oxygen atoms in total. The van der Waals surface area contributed by atoms with Crippen molar-refractivity contribution in [2.75, 3.05) is 17.2 Å². The lowest BCUT2D eigenvalue weighted by molar-refractivity contribution is -0.114. The number of amides is 2. The van der Waals surface area contributed by atoms with Gasteiger partial charge in [0.05, 0.1) is 12.2 Å². The lowest BCUT2D eigenvalue weighted by Gasteiger charge is -2.13. The van der Waals surface area contributed by atoms with Gasteiger partial charge in [-0.25, -0.2) is 0 Å².